The molecule has 0 saturated carbocycles. The molecule has 0 N–H and O–H groups in total. The number of amides is 1. The summed E-state index contributed by atoms with van der Waals surface area (Å²) >= 11 is 0. The quantitative estimate of drug-likeness (QED) is 0.620. The number of benzene rings is 2. The first kappa shape index (κ1) is 19.8. The Balaban J connectivity index is 1.61. The van der Waals surface area contributed by atoms with Gasteiger partial charge >= 0.3 is 5.97 Å². The predicted molar refractivity (Wildman–Crippen MR) is 112 cm³/mol. The molecule has 0 unspecified atom stereocenters. The lowest BCUT2D eigenvalue weighted by Crippen LogP contribution is -2.49. The number of anilines is 1. The van der Waals surface area contributed by atoms with Gasteiger partial charge in [0.05, 0.1) is 23.4 Å². The number of esters is 1. The minimum atomic E-state index is -0.519. The van der Waals surface area contributed by atoms with Crippen molar-refractivity contribution >= 4 is 28.5 Å². The molecule has 0 radical (unpaired) electrons. The van der Waals surface area contributed by atoms with E-state index in [2.05, 4.69) is 9.88 Å². The second-order valence-electron chi connectivity index (χ2n) is 7.02. The summed E-state index contributed by atoms with van der Waals surface area (Å²) in [6.45, 7) is 3.91. The number of carbonyl (C=O) groups excluding carboxylic acids is 2. The van der Waals surface area contributed by atoms with Crippen LogP contribution in [0.1, 0.15) is 27.6 Å². The molecular formula is C23H22FN3O3. The summed E-state index contributed by atoms with van der Waals surface area (Å²) in [7, 11) is 0. The molecule has 1 fully saturated rings. The molecular weight excluding hydrogens is 385 g/mol. The molecule has 0 bridgehead atoms. The molecule has 3 aromatic rings. The number of para-hydroxylation sites is 1. The lowest BCUT2D eigenvalue weighted by molar-refractivity contribution is 0.0525. The summed E-state index contributed by atoms with van der Waals surface area (Å²) in [6.07, 6.45) is 1.55. The third kappa shape index (κ3) is 3.70. The molecule has 1 aliphatic heterocycles. The highest BCUT2D eigenvalue weighted by molar-refractivity contribution is 6.05. The average molecular weight is 407 g/mol. The molecule has 30 heavy (non-hydrogen) atoms. The van der Waals surface area contributed by atoms with Crippen LogP contribution >= 0.6 is 0 Å². The molecule has 1 saturated heterocycles. The van der Waals surface area contributed by atoms with E-state index in [0.29, 0.717) is 31.7 Å². The second-order valence-corrected chi connectivity index (χ2v) is 7.02. The van der Waals surface area contributed by atoms with E-state index in [1.807, 2.05) is 24.3 Å². The Labute approximate surface area is 173 Å². The van der Waals surface area contributed by atoms with Gasteiger partial charge in [-0.3, -0.25) is 9.78 Å². The zero-order valence-electron chi connectivity index (χ0n) is 16.7. The second kappa shape index (κ2) is 8.49. The van der Waals surface area contributed by atoms with Crippen molar-refractivity contribution in [1.29, 1.82) is 0 Å². The summed E-state index contributed by atoms with van der Waals surface area (Å²) in [5.41, 5.74) is 2.03. The summed E-state index contributed by atoms with van der Waals surface area (Å²) in [5.74, 6) is -1.26. The van der Waals surface area contributed by atoms with E-state index in [9.17, 15) is 14.0 Å². The number of hydrogen-bond acceptors (Lipinski definition) is 5. The Bertz CT molecular complexity index is 1090. The molecule has 2 heterocycles. The van der Waals surface area contributed by atoms with Crippen LogP contribution in [-0.2, 0) is 4.74 Å². The molecule has 0 aliphatic carbocycles. The largest absolute Gasteiger partial charge is 0.462 e. The van der Waals surface area contributed by atoms with Gasteiger partial charge in [-0.25, -0.2) is 9.18 Å². The molecule has 4 rings (SSSR count). The van der Waals surface area contributed by atoms with Crippen molar-refractivity contribution in [1.82, 2.24) is 9.88 Å². The highest BCUT2D eigenvalue weighted by atomic mass is 19.1. The fourth-order valence-electron chi connectivity index (χ4n) is 3.76. The van der Waals surface area contributed by atoms with E-state index in [1.165, 1.54) is 12.1 Å². The van der Waals surface area contributed by atoms with Gasteiger partial charge in [-0.2, -0.15) is 0 Å². The third-order valence-corrected chi connectivity index (χ3v) is 5.23. The van der Waals surface area contributed by atoms with E-state index >= 15 is 0 Å². The van der Waals surface area contributed by atoms with Crippen molar-refractivity contribution in [3.05, 3.63) is 71.7 Å². The monoisotopic (exact) mass is 407 g/mol. The van der Waals surface area contributed by atoms with Crippen LogP contribution in [0.25, 0.3) is 10.9 Å². The van der Waals surface area contributed by atoms with Gasteiger partial charge in [0.1, 0.15) is 11.4 Å². The van der Waals surface area contributed by atoms with Gasteiger partial charge in [-0.05, 0) is 25.1 Å². The van der Waals surface area contributed by atoms with E-state index in [-0.39, 0.29) is 18.1 Å². The molecule has 0 atom stereocenters. The van der Waals surface area contributed by atoms with Gasteiger partial charge in [-0.1, -0.05) is 30.3 Å². The Kier molecular flexibility index (Phi) is 5.61. The maximum absolute atomic E-state index is 14.0. The first-order valence-electron chi connectivity index (χ1n) is 9.93. The van der Waals surface area contributed by atoms with Crippen LogP contribution in [0.5, 0.6) is 0 Å². The van der Waals surface area contributed by atoms with Crippen LogP contribution in [0.2, 0.25) is 0 Å². The molecule has 6 nitrogen and oxygen atoms in total. The van der Waals surface area contributed by atoms with Gasteiger partial charge < -0.3 is 14.5 Å². The average Bonchev–Trinajstić information content (AvgIpc) is 2.78. The fourth-order valence-corrected chi connectivity index (χ4v) is 3.76. The fraction of sp³-hybridized carbons (Fsp3) is 0.261. The topological polar surface area (TPSA) is 62.7 Å². The van der Waals surface area contributed by atoms with Crippen molar-refractivity contribution in [3.8, 4) is 0 Å². The number of fused-ring (bicyclic) bond motifs is 1. The molecule has 1 aromatic heterocycles. The molecule has 0 spiro atoms. The highest BCUT2D eigenvalue weighted by Gasteiger charge is 2.27. The third-order valence-electron chi connectivity index (χ3n) is 5.23. The SMILES string of the molecule is CCOC(=O)c1cnc2ccccc2c1N1CCN(C(=O)c2ccccc2F)CC1. The van der Waals surface area contributed by atoms with Gasteiger partial charge in [0.2, 0.25) is 0 Å². The first-order chi connectivity index (χ1) is 14.6. The molecule has 1 aliphatic rings. The number of halogens is 1. The summed E-state index contributed by atoms with van der Waals surface area (Å²) in [4.78, 5) is 33.4. The first-order valence-corrected chi connectivity index (χ1v) is 9.93. The van der Waals surface area contributed by atoms with Gasteiger partial charge in [0.25, 0.3) is 5.91 Å². The van der Waals surface area contributed by atoms with Crippen molar-refractivity contribution in [2.24, 2.45) is 0 Å². The number of ether oxygens (including phenoxy) is 1. The number of piperazine rings is 1. The minimum absolute atomic E-state index is 0.0764. The van der Waals surface area contributed by atoms with Crippen LogP contribution in [0.15, 0.2) is 54.7 Å². The van der Waals surface area contributed by atoms with Crippen molar-refractivity contribution in [2.75, 3.05) is 37.7 Å². The smallest absolute Gasteiger partial charge is 0.341 e. The number of rotatable bonds is 4. The molecule has 1 amide bonds. The standard InChI is InChI=1S/C23H22FN3O3/c1-2-30-23(29)18-15-25-20-10-6-4-8-17(20)21(18)26-11-13-27(14-12-26)22(28)16-7-3-5-9-19(16)24/h3-10,15H,2,11-14H2,1H3. The summed E-state index contributed by atoms with van der Waals surface area (Å²) < 4.78 is 19.2. The van der Waals surface area contributed by atoms with Crippen LogP contribution in [0, 0.1) is 5.82 Å². The van der Waals surface area contributed by atoms with Gasteiger partial charge in [-0.15, -0.1) is 0 Å². The predicted octanol–water partition coefficient (Wildman–Crippen LogP) is 3.51. The number of aromatic nitrogens is 1. The minimum Gasteiger partial charge on any atom is -0.462 e. The maximum atomic E-state index is 14.0. The zero-order valence-corrected chi connectivity index (χ0v) is 16.7. The molecule has 154 valence electrons. The Morgan fingerprint density at radius 1 is 1.00 bits per heavy atom. The van der Waals surface area contributed by atoms with Gasteiger partial charge in [0, 0.05) is 37.8 Å². The van der Waals surface area contributed by atoms with Crippen LogP contribution in [0.3, 0.4) is 0 Å². The van der Waals surface area contributed by atoms with Crippen molar-refractivity contribution < 1.29 is 18.7 Å². The van der Waals surface area contributed by atoms with Crippen molar-refractivity contribution in [2.45, 2.75) is 6.92 Å². The Morgan fingerprint density at radius 2 is 1.70 bits per heavy atom. The Morgan fingerprint density at radius 3 is 2.43 bits per heavy atom. The zero-order chi connectivity index (χ0) is 21.1. The van der Waals surface area contributed by atoms with Crippen LogP contribution in [0.4, 0.5) is 10.1 Å². The summed E-state index contributed by atoms with van der Waals surface area (Å²) in [5, 5.41) is 0.858. The number of hydrogen-bond donors (Lipinski definition) is 0. The van der Waals surface area contributed by atoms with E-state index in [4.69, 9.17) is 4.74 Å². The molecule has 7 heteroatoms. The summed E-state index contributed by atoms with van der Waals surface area (Å²) in [6, 6.07) is 13.6. The van der Waals surface area contributed by atoms with Crippen LogP contribution in [-0.4, -0.2) is 54.5 Å². The van der Waals surface area contributed by atoms with E-state index in [0.717, 1.165) is 16.6 Å². The lowest BCUT2D eigenvalue weighted by Gasteiger charge is -2.37. The van der Waals surface area contributed by atoms with E-state index < -0.39 is 11.8 Å². The van der Waals surface area contributed by atoms with Crippen molar-refractivity contribution in [3.63, 3.8) is 0 Å². The number of carbonyl (C=O) groups is 2. The number of nitrogens with zero attached hydrogens (tertiary/aromatic N) is 3. The maximum Gasteiger partial charge on any atom is 0.341 e. The molecule has 2 aromatic carbocycles. The number of pyridine rings is 1. The highest BCUT2D eigenvalue weighted by Crippen LogP contribution is 2.31. The lowest BCUT2D eigenvalue weighted by atomic mass is 10.1. The Hall–Kier alpha value is -3.48. The van der Waals surface area contributed by atoms with Crippen LogP contribution < -0.4 is 4.90 Å². The normalized spacial score (nSPS) is 14.1. The van der Waals surface area contributed by atoms with Gasteiger partial charge in [0.15, 0.2) is 0 Å². The van der Waals surface area contributed by atoms with E-state index in [1.54, 1.807) is 30.2 Å².